The summed E-state index contributed by atoms with van der Waals surface area (Å²) >= 11 is 0. The van der Waals surface area contributed by atoms with Crippen molar-refractivity contribution in [2.45, 2.75) is 194 Å². The van der Waals surface area contributed by atoms with Gasteiger partial charge in [-0.05, 0) is 71.3 Å². The van der Waals surface area contributed by atoms with Crippen molar-refractivity contribution in [2.24, 2.45) is 0 Å². The Labute approximate surface area is 309 Å². The molecule has 0 bridgehead atoms. The van der Waals surface area contributed by atoms with Crippen molar-refractivity contribution < 1.29 is 23.9 Å². The first-order valence-corrected chi connectivity index (χ1v) is 21.1. The van der Waals surface area contributed by atoms with E-state index >= 15 is 0 Å². The Balaban J connectivity index is 3.83. The van der Waals surface area contributed by atoms with Gasteiger partial charge in [0.15, 0.2) is 0 Å². The van der Waals surface area contributed by atoms with E-state index in [9.17, 15) is 14.4 Å². The predicted octanol–water partition coefficient (Wildman–Crippen LogP) is 11.2. The molecule has 0 saturated heterocycles. The van der Waals surface area contributed by atoms with Gasteiger partial charge in [-0.1, -0.05) is 141 Å². The highest BCUT2D eigenvalue weighted by Crippen LogP contribution is 2.12. The first kappa shape index (κ1) is 47.8. The number of esters is 2. The van der Waals surface area contributed by atoms with Crippen LogP contribution in [0.4, 0.5) is 0 Å². The van der Waals surface area contributed by atoms with Crippen LogP contribution < -0.4 is 5.32 Å². The third kappa shape index (κ3) is 35.7. The first-order valence-electron chi connectivity index (χ1n) is 21.1. The number of allylic oxidation sites excluding steroid dienone is 4. The highest BCUT2D eigenvalue weighted by atomic mass is 16.5. The van der Waals surface area contributed by atoms with Crippen LogP contribution >= 0.6 is 0 Å². The molecule has 0 radical (unpaired) electrons. The molecule has 7 nitrogen and oxygen atoms in total. The lowest BCUT2D eigenvalue weighted by atomic mass is 10.1. The second-order valence-corrected chi connectivity index (χ2v) is 14.0. The largest absolute Gasteiger partial charge is 0.464 e. The molecule has 1 amide bonds. The number of unbranched alkanes of at least 4 members (excludes halogenated alkanes) is 22. The summed E-state index contributed by atoms with van der Waals surface area (Å²) in [6.45, 7) is 5.61. The van der Waals surface area contributed by atoms with Gasteiger partial charge in [0.2, 0.25) is 5.91 Å². The van der Waals surface area contributed by atoms with Crippen molar-refractivity contribution in [3.8, 4) is 0 Å². The molecule has 0 aromatic carbocycles. The maximum atomic E-state index is 12.5. The van der Waals surface area contributed by atoms with Gasteiger partial charge in [-0.15, -0.1) is 0 Å². The van der Waals surface area contributed by atoms with Crippen molar-refractivity contribution in [2.75, 3.05) is 39.9 Å². The number of nitrogens with zero attached hydrogens (tertiary/aromatic N) is 1. The van der Waals surface area contributed by atoms with Crippen LogP contribution in [0, 0.1) is 0 Å². The van der Waals surface area contributed by atoms with Crippen LogP contribution in [0.2, 0.25) is 0 Å². The quantitative estimate of drug-likeness (QED) is 0.0391. The molecule has 1 N–H and O–H groups in total. The number of amides is 1. The van der Waals surface area contributed by atoms with Gasteiger partial charge in [0.25, 0.3) is 0 Å². The standard InChI is InChI=1S/C43H80N2O5/c1-4-6-8-10-12-14-16-18-20-22-24-26-28-30-32-34-42(47)49-38-36-45(41(46)40-44-3)37-39-50-43(48)35-33-31-29-27-25-23-21-19-17-15-13-11-9-7-5-2/h18-21,44H,4-17,22-40H2,1-3H3/b20-18-,21-19-. The summed E-state index contributed by atoms with van der Waals surface area (Å²) in [7, 11) is 1.72. The maximum absolute atomic E-state index is 12.5. The van der Waals surface area contributed by atoms with Crippen LogP contribution in [-0.4, -0.2) is 62.6 Å². The molecular weight excluding hydrogens is 624 g/mol. The number of hydrogen-bond donors (Lipinski definition) is 1. The average molecular weight is 705 g/mol. The lowest BCUT2D eigenvalue weighted by Crippen LogP contribution is -2.41. The first-order chi connectivity index (χ1) is 24.5. The minimum atomic E-state index is -0.213. The van der Waals surface area contributed by atoms with Crippen LogP contribution in [0.15, 0.2) is 24.3 Å². The Bertz CT molecular complexity index is 770. The van der Waals surface area contributed by atoms with E-state index in [-0.39, 0.29) is 37.6 Å². The molecular formula is C43H80N2O5. The third-order valence-corrected chi connectivity index (χ3v) is 9.21. The van der Waals surface area contributed by atoms with Crippen molar-refractivity contribution in [1.29, 1.82) is 0 Å². The van der Waals surface area contributed by atoms with Crippen molar-refractivity contribution in [3.63, 3.8) is 0 Å². The van der Waals surface area contributed by atoms with Gasteiger partial charge in [-0.25, -0.2) is 0 Å². The lowest BCUT2D eigenvalue weighted by Gasteiger charge is -2.22. The number of ether oxygens (including phenoxy) is 2. The van der Waals surface area contributed by atoms with Gasteiger partial charge in [-0.2, -0.15) is 0 Å². The number of rotatable bonds is 38. The summed E-state index contributed by atoms with van der Waals surface area (Å²) in [5, 5.41) is 2.87. The van der Waals surface area contributed by atoms with E-state index in [1.807, 2.05) is 0 Å². The summed E-state index contributed by atoms with van der Waals surface area (Å²) < 4.78 is 10.8. The molecule has 0 rings (SSSR count). The number of likely N-dealkylation sites (N-methyl/N-ethyl adjacent to an activating group) is 1. The number of carbonyl (C=O) groups is 3. The Morgan fingerprint density at radius 1 is 0.480 bits per heavy atom. The normalized spacial score (nSPS) is 11.5. The molecule has 292 valence electrons. The Morgan fingerprint density at radius 3 is 1.14 bits per heavy atom. The van der Waals surface area contributed by atoms with Gasteiger partial charge >= 0.3 is 11.9 Å². The average Bonchev–Trinajstić information content (AvgIpc) is 3.11. The predicted molar refractivity (Wildman–Crippen MR) is 211 cm³/mol. The summed E-state index contributed by atoms with van der Waals surface area (Å²) in [6.07, 6.45) is 41.9. The molecule has 0 aromatic rings. The Morgan fingerprint density at radius 2 is 0.800 bits per heavy atom. The summed E-state index contributed by atoms with van der Waals surface area (Å²) in [6, 6.07) is 0. The SMILES string of the molecule is CCCCCCCC/C=C\CCCCCCCC(=O)OCCN(CCOC(=O)CCCCCCC/C=C\CCCCCCCC)C(=O)CNC. The van der Waals surface area contributed by atoms with E-state index in [4.69, 9.17) is 9.47 Å². The van der Waals surface area contributed by atoms with E-state index in [0.29, 0.717) is 25.9 Å². The van der Waals surface area contributed by atoms with Crippen molar-refractivity contribution in [3.05, 3.63) is 24.3 Å². The molecule has 0 fully saturated rings. The maximum Gasteiger partial charge on any atom is 0.305 e. The molecule has 0 aliphatic heterocycles. The van der Waals surface area contributed by atoms with E-state index in [2.05, 4.69) is 43.5 Å². The smallest absolute Gasteiger partial charge is 0.305 e. The molecule has 0 spiro atoms. The van der Waals surface area contributed by atoms with E-state index < -0.39 is 0 Å². The Hall–Kier alpha value is -2.15. The van der Waals surface area contributed by atoms with E-state index in [1.54, 1.807) is 11.9 Å². The fourth-order valence-corrected chi connectivity index (χ4v) is 5.99. The Kier molecular flexibility index (Phi) is 37.9. The third-order valence-electron chi connectivity index (χ3n) is 9.21. The van der Waals surface area contributed by atoms with Gasteiger partial charge in [0, 0.05) is 12.8 Å². The second-order valence-electron chi connectivity index (χ2n) is 14.0. The highest BCUT2D eigenvalue weighted by Gasteiger charge is 2.14. The number of hydrogen-bond acceptors (Lipinski definition) is 6. The van der Waals surface area contributed by atoms with Crippen LogP contribution in [0.5, 0.6) is 0 Å². The zero-order valence-corrected chi connectivity index (χ0v) is 33.1. The molecule has 0 aliphatic rings. The fourth-order valence-electron chi connectivity index (χ4n) is 5.99. The molecule has 50 heavy (non-hydrogen) atoms. The van der Waals surface area contributed by atoms with Crippen LogP contribution in [-0.2, 0) is 23.9 Å². The van der Waals surface area contributed by atoms with Crippen LogP contribution in [0.25, 0.3) is 0 Å². The molecule has 0 saturated carbocycles. The van der Waals surface area contributed by atoms with E-state index in [1.165, 1.54) is 116 Å². The fraction of sp³-hybridized carbons (Fsp3) is 0.837. The van der Waals surface area contributed by atoms with Gasteiger partial charge in [-0.3, -0.25) is 14.4 Å². The van der Waals surface area contributed by atoms with Crippen LogP contribution in [0.1, 0.15) is 194 Å². The topological polar surface area (TPSA) is 84.9 Å². The minimum absolute atomic E-state index is 0.103. The monoisotopic (exact) mass is 705 g/mol. The minimum Gasteiger partial charge on any atom is -0.464 e. The molecule has 0 aromatic heterocycles. The van der Waals surface area contributed by atoms with Gasteiger partial charge in [0.1, 0.15) is 13.2 Å². The summed E-state index contributed by atoms with van der Waals surface area (Å²) in [5.74, 6) is -0.529. The number of nitrogens with one attached hydrogen (secondary N) is 1. The molecule has 7 heteroatoms. The lowest BCUT2D eigenvalue weighted by molar-refractivity contribution is -0.147. The van der Waals surface area contributed by atoms with Gasteiger partial charge in [0.05, 0.1) is 19.6 Å². The van der Waals surface area contributed by atoms with Gasteiger partial charge < -0.3 is 19.7 Å². The second kappa shape index (κ2) is 39.6. The molecule has 0 heterocycles. The van der Waals surface area contributed by atoms with Crippen molar-refractivity contribution in [1.82, 2.24) is 10.2 Å². The zero-order chi connectivity index (χ0) is 36.6. The summed E-state index contributed by atoms with van der Waals surface area (Å²) in [5.41, 5.74) is 0. The molecule has 0 atom stereocenters. The van der Waals surface area contributed by atoms with Crippen LogP contribution in [0.3, 0.4) is 0 Å². The van der Waals surface area contributed by atoms with Crippen molar-refractivity contribution >= 4 is 17.8 Å². The van der Waals surface area contributed by atoms with E-state index in [0.717, 1.165) is 51.4 Å². The number of carbonyl (C=O) groups excluding carboxylic acids is 3. The highest BCUT2D eigenvalue weighted by molar-refractivity contribution is 5.78. The molecule has 0 aliphatic carbocycles. The zero-order valence-electron chi connectivity index (χ0n) is 33.1. The molecule has 0 unspecified atom stereocenters. The summed E-state index contributed by atoms with van der Waals surface area (Å²) in [4.78, 5) is 38.6.